The summed E-state index contributed by atoms with van der Waals surface area (Å²) < 4.78 is 6.34. The molecule has 0 aliphatic rings. The van der Waals surface area contributed by atoms with E-state index < -0.39 is 0 Å². The van der Waals surface area contributed by atoms with Gasteiger partial charge in [0.2, 0.25) is 5.95 Å². The molecule has 7 nitrogen and oxygen atoms in total. The van der Waals surface area contributed by atoms with Gasteiger partial charge >= 0.3 is 5.69 Å². The maximum atomic E-state index is 11.4. The molecule has 0 spiro atoms. The molecule has 2 rings (SSSR count). The van der Waals surface area contributed by atoms with Gasteiger partial charge in [-0.2, -0.15) is 4.98 Å². The average molecular weight is 207 g/mol. The molecular formula is C8H9N5O2. The zero-order chi connectivity index (χ0) is 10.7. The highest BCUT2D eigenvalue weighted by molar-refractivity contribution is 5.18. The van der Waals surface area contributed by atoms with Crippen molar-refractivity contribution in [2.45, 2.75) is 6.54 Å². The fourth-order valence-electron chi connectivity index (χ4n) is 1.07. The minimum absolute atomic E-state index is 0.281. The molecule has 2 aromatic heterocycles. The molecule has 0 unspecified atom stereocenters. The summed E-state index contributed by atoms with van der Waals surface area (Å²) >= 11 is 0. The van der Waals surface area contributed by atoms with Gasteiger partial charge in [-0.25, -0.2) is 14.8 Å². The number of nitrogens with one attached hydrogen (secondary N) is 1. The van der Waals surface area contributed by atoms with Crippen molar-refractivity contribution < 1.29 is 4.42 Å². The van der Waals surface area contributed by atoms with Gasteiger partial charge in [0.05, 0.1) is 12.7 Å². The first-order valence-corrected chi connectivity index (χ1v) is 4.28. The van der Waals surface area contributed by atoms with Crippen LogP contribution >= 0.6 is 0 Å². The van der Waals surface area contributed by atoms with E-state index in [0.29, 0.717) is 11.7 Å². The molecule has 2 aromatic rings. The van der Waals surface area contributed by atoms with Crippen molar-refractivity contribution in [1.29, 1.82) is 0 Å². The standard InChI is InChI=1S/C8H9N5O2/c1-9-7-11-4-13(8(14)12-7)3-6-2-10-5-15-6/h2,4-5H,3H2,1H3,(H,9,12,14). The Hall–Kier alpha value is -2.18. The summed E-state index contributed by atoms with van der Waals surface area (Å²) in [7, 11) is 1.65. The van der Waals surface area contributed by atoms with Crippen LogP contribution in [-0.4, -0.2) is 26.6 Å². The van der Waals surface area contributed by atoms with Crippen molar-refractivity contribution in [3.8, 4) is 0 Å². The predicted octanol–water partition coefficient (Wildman–Crippen LogP) is -0.284. The fourth-order valence-corrected chi connectivity index (χ4v) is 1.07. The fraction of sp³-hybridized carbons (Fsp3) is 0.250. The average Bonchev–Trinajstić information content (AvgIpc) is 2.74. The maximum absolute atomic E-state index is 11.4. The van der Waals surface area contributed by atoms with Gasteiger partial charge in [-0.05, 0) is 0 Å². The lowest BCUT2D eigenvalue weighted by atomic mass is 10.5. The van der Waals surface area contributed by atoms with Gasteiger partial charge in [-0.1, -0.05) is 0 Å². The summed E-state index contributed by atoms with van der Waals surface area (Å²) in [5.41, 5.74) is -0.384. The Balaban J connectivity index is 2.26. The van der Waals surface area contributed by atoms with Crippen molar-refractivity contribution in [2.24, 2.45) is 0 Å². The van der Waals surface area contributed by atoms with Crippen LogP contribution in [0.5, 0.6) is 0 Å². The molecule has 0 aromatic carbocycles. The summed E-state index contributed by atoms with van der Waals surface area (Å²) in [6, 6.07) is 0. The number of anilines is 1. The Morgan fingerprint density at radius 2 is 2.47 bits per heavy atom. The van der Waals surface area contributed by atoms with E-state index in [9.17, 15) is 4.79 Å². The first-order valence-electron chi connectivity index (χ1n) is 4.28. The SMILES string of the molecule is CNc1ncn(Cc2cnco2)c(=O)n1. The van der Waals surface area contributed by atoms with Crippen LogP contribution in [0, 0.1) is 0 Å². The highest BCUT2D eigenvalue weighted by Gasteiger charge is 2.03. The first-order chi connectivity index (χ1) is 7.29. The third-order valence-corrected chi connectivity index (χ3v) is 1.80. The van der Waals surface area contributed by atoms with E-state index in [2.05, 4.69) is 20.3 Å². The smallest absolute Gasteiger partial charge is 0.352 e. The molecule has 1 N–H and O–H groups in total. The highest BCUT2D eigenvalue weighted by Crippen LogP contribution is 1.98. The summed E-state index contributed by atoms with van der Waals surface area (Å²) in [6.07, 6.45) is 4.26. The van der Waals surface area contributed by atoms with Crippen LogP contribution in [0.15, 0.2) is 28.1 Å². The number of rotatable bonds is 3. The molecule has 0 saturated carbocycles. The van der Waals surface area contributed by atoms with Gasteiger partial charge < -0.3 is 9.73 Å². The monoisotopic (exact) mass is 207 g/mol. The van der Waals surface area contributed by atoms with Gasteiger partial charge in [0.1, 0.15) is 12.1 Å². The van der Waals surface area contributed by atoms with Crippen molar-refractivity contribution in [1.82, 2.24) is 19.5 Å². The minimum Gasteiger partial charge on any atom is -0.447 e. The molecular weight excluding hydrogens is 198 g/mol. The second-order valence-electron chi connectivity index (χ2n) is 2.81. The molecule has 0 saturated heterocycles. The van der Waals surface area contributed by atoms with Gasteiger partial charge in [0.15, 0.2) is 6.39 Å². The quantitative estimate of drug-likeness (QED) is 0.744. The Kier molecular flexibility index (Phi) is 2.44. The zero-order valence-corrected chi connectivity index (χ0v) is 8.04. The topological polar surface area (TPSA) is 85.8 Å². The Labute approximate surface area is 84.8 Å². The van der Waals surface area contributed by atoms with E-state index in [0.717, 1.165) is 0 Å². The molecule has 0 bridgehead atoms. The molecule has 0 amide bonds. The summed E-state index contributed by atoms with van der Waals surface area (Å²) in [6.45, 7) is 0.281. The van der Waals surface area contributed by atoms with E-state index in [1.165, 1.54) is 17.3 Å². The molecule has 2 heterocycles. The lowest BCUT2D eigenvalue weighted by molar-refractivity contribution is 0.481. The van der Waals surface area contributed by atoms with E-state index in [1.54, 1.807) is 13.2 Å². The zero-order valence-electron chi connectivity index (χ0n) is 8.04. The molecule has 0 aliphatic heterocycles. The number of hydrogen-bond donors (Lipinski definition) is 1. The van der Waals surface area contributed by atoms with E-state index in [1.807, 2.05) is 0 Å². The van der Waals surface area contributed by atoms with Gasteiger partial charge in [-0.15, -0.1) is 0 Å². The van der Waals surface area contributed by atoms with Crippen LogP contribution in [-0.2, 0) is 6.54 Å². The number of hydrogen-bond acceptors (Lipinski definition) is 6. The largest absolute Gasteiger partial charge is 0.447 e. The Bertz CT molecular complexity index is 490. The van der Waals surface area contributed by atoms with Gasteiger partial charge in [0.25, 0.3) is 0 Å². The molecule has 0 radical (unpaired) electrons. The van der Waals surface area contributed by atoms with Crippen LogP contribution in [0.3, 0.4) is 0 Å². The lowest BCUT2D eigenvalue weighted by Crippen LogP contribution is -2.24. The molecule has 15 heavy (non-hydrogen) atoms. The van der Waals surface area contributed by atoms with Crippen molar-refractivity contribution >= 4 is 5.95 Å². The number of oxazole rings is 1. The molecule has 0 atom stereocenters. The third-order valence-electron chi connectivity index (χ3n) is 1.80. The van der Waals surface area contributed by atoms with E-state index in [-0.39, 0.29) is 12.2 Å². The Morgan fingerprint density at radius 1 is 1.60 bits per heavy atom. The lowest BCUT2D eigenvalue weighted by Gasteiger charge is -2.02. The van der Waals surface area contributed by atoms with Crippen LogP contribution in [0.2, 0.25) is 0 Å². The second kappa shape index (κ2) is 3.91. The minimum atomic E-state index is -0.384. The molecule has 7 heteroatoms. The normalized spacial score (nSPS) is 10.2. The van der Waals surface area contributed by atoms with Crippen molar-refractivity contribution in [2.75, 3.05) is 12.4 Å². The first kappa shape index (κ1) is 9.38. The van der Waals surface area contributed by atoms with Crippen LogP contribution in [0.25, 0.3) is 0 Å². The van der Waals surface area contributed by atoms with Gasteiger partial charge in [-0.3, -0.25) is 4.57 Å². The van der Waals surface area contributed by atoms with Crippen molar-refractivity contribution in [3.05, 3.63) is 35.2 Å². The Morgan fingerprint density at radius 3 is 3.07 bits per heavy atom. The van der Waals surface area contributed by atoms with Crippen LogP contribution < -0.4 is 11.0 Å². The van der Waals surface area contributed by atoms with E-state index in [4.69, 9.17) is 4.42 Å². The molecule has 0 fully saturated rings. The summed E-state index contributed by atoms with van der Waals surface area (Å²) in [4.78, 5) is 22.8. The number of aromatic nitrogens is 4. The highest BCUT2D eigenvalue weighted by atomic mass is 16.3. The third kappa shape index (κ3) is 2.01. The molecule has 0 aliphatic carbocycles. The maximum Gasteiger partial charge on any atom is 0.352 e. The number of nitrogens with zero attached hydrogens (tertiary/aromatic N) is 4. The molecule has 78 valence electrons. The summed E-state index contributed by atoms with van der Waals surface area (Å²) in [5.74, 6) is 0.881. The predicted molar refractivity (Wildman–Crippen MR) is 51.4 cm³/mol. The van der Waals surface area contributed by atoms with Crippen LogP contribution in [0.1, 0.15) is 5.76 Å². The van der Waals surface area contributed by atoms with Crippen molar-refractivity contribution in [3.63, 3.8) is 0 Å². The van der Waals surface area contributed by atoms with E-state index >= 15 is 0 Å². The summed E-state index contributed by atoms with van der Waals surface area (Å²) in [5, 5.41) is 2.68. The van der Waals surface area contributed by atoms with Gasteiger partial charge in [0, 0.05) is 7.05 Å². The second-order valence-corrected chi connectivity index (χ2v) is 2.81. The van der Waals surface area contributed by atoms with Crippen LogP contribution in [0.4, 0.5) is 5.95 Å².